The maximum atomic E-state index is 13.7. The molecule has 0 heterocycles. The normalized spacial score (nSPS) is 10.4. The van der Waals surface area contributed by atoms with Crippen LogP contribution >= 0.6 is 11.6 Å². The second-order valence-electron chi connectivity index (χ2n) is 6.02. The molecule has 0 aromatic heterocycles. The molecule has 3 rings (SSSR count). The van der Waals surface area contributed by atoms with E-state index in [0.717, 1.165) is 0 Å². The molecule has 0 saturated heterocycles. The lowest BCUT2D eigenvalue weighted by atomic mass is 10.0. The van der Waals surface area contributed by atoms with E-state index in [1.54, 1.807) is 54.6 Å². The highest BCUT2D eigenvalue weighted by atomic mass is 35.5. The van der Waals surface area contributed by atoms with Crippen LogP contribution in [0.4, 0.5) is 10.1 Å². The third-order valence-electron chi connectivity index (χ3n) is 4.12. The van der Waals surface area contributed by atoms with Crippen LogP contribution in [0.25, 0.3) is 0 Å². The number of aryl methyl sites for hydroxylation is 1. The molecule has 0 fully saturated rings. The second-order valence-corrected chi connectivity index (χ2v) is 6.46. The van der Waals surface area contributed by atoms with Crippen LogP contribution < -0.4 is 5.32 Å². The standard InChI is InChI=1S/C22H17ClFNO2/c23-17-11-12-20(18(14-17)22(27)16-7-2-1-3-8-16)25-21(26)13-10-15-6-4-5-9-19(15)24/h1-9,11-12,14H,10,13H2,(H,25,26). The van der Waals surface area contributed by atoms with Gasteiger partial charge in [0.05, 0.1) is 5.69 Å². The van der Waals surface area contributed by atoms with E-state index < -0.39 is 0 Å². The van der Waals surface area contributed by atoms with Gasteiger partial charge in [-0.1, -0.05) is 60.1 Å². The van der Waals surface area contributed by atoms with Crippen molar-refractivity contribution in [2.45, 2.75) is 12.8 Å². The molecule has 3 aromatic carbocycles. The zero-order valence-electron chi connectivity index (χ0n) is 14.4. The molecule has 1 N–H and O–H groups in total. The minimum absolute atomic E-state index is 0.0997. The highest BCUT2D eigenvalue weighted by molar-refractivity contribution is 6.31. The quantitative estimate of drug-likeness (QED) is 0.590. The molecule has 0 bridgehead atoms. The van der Waals surface area contributed by atoms with Gasteiger partial charge in [-0.05, 0) is 36.2 Å². The summed E-state index contributed by atoms with van der Waals surface area (Å²) in [5, 5.41) is 3.14. The Morgan fingerprint density at radius 1 is 0.926 bits per heavy atom. The summed E-state index contributed by atoms with van der Waals surface area (Å²) >= 11 is 6.04. The monoisotopic (exact) mass is 381 g/mol. The number of hydrogen-bond donors (Lipinski definition) is 1. The Morgan fingerprint density at radius 3 is 2.37 bits per heavy atom. The number of benzene rings is 3. The van der Waals surface area contributed by atoms with Crippen molar-refractivity contribution in [1.29, 1.82) is 0 Å². The minimum atomic E-state index is -0.336. The number of carbonyl (C=O) groups is 2. The third kappa shape index (κ3) is 4.80. The molecule has 0 saturated carbocycles. The van der Waals surface area contributed by atoms with E-state index in [0.29, 0.717) is 27.4 Å². The van der Waals surface area contributed by atoms with Gasteiger partial charge in [0.25, 0.3) is 0 Å². The van der Waals surface area contributed by atoms with E-state index in [4.69, 9.17) is 11.6 Å². The van der Waals surface area contributed by atoms with Crippen LogP contribution in [-0.4, -0.2) is 11.7 Å². The van der Waals surface area contributed by atoms with Gasteiger partial charge >= 0.3 is 0 Å². The van der Waals surface area contributed by atoms with Gasteiger partial charge in [0.1, 0.15) is 5.82 Å². The molecule has 0 spiro atoms. The van der Waals surface area contributed by atoms with Crippen LogP contribution in [0.3, 0.4) is 0 Å². The molecule has 0 unspecified atom stereocenters. The topological polar surface area (TPSA) is 46.2 Å². The summed E-state index contributed by atoms with van der Waals surface area (Å²) < 4.78 is 13.7. The molecule has 3 nitrogen and oxygen atoms in total. The minimum Gasteiger partial charge on any atom is -0.325 e. The van der Waals surface area contributed by atoms with Crippen LogP contribution in [0, 0.1) is 5.82 Å². The highest BCUT2D eigenvalue weighted by Crippen LogP contribution is 2.24. The largest absolute Gasteiger partial charge is 0.325 e. The van der Waals surface area contributed by atoms with Crippen LogP contribution in [0.2, 0.25) is 5.02 Å². The molecular formula is C22H17ClFNO2. The molecule has 0 radical (unpaired) electrons. The van der Waals surface area contributed by atoms with Gasteiger partial charge in [-0.15, -0.1) is 0 Å². The summed E-state index contributed by atoms with van der Waals surface area (Å²) in [6.07, 6.45) is 0.372. The predicted octanol–water partition coefficient (Wildman–Crippen LogP) is 5.28. The lowest BCUT2D eigenvalue weighted by molar-refractivity contribution is -0.116. The fourth-order valence-electron chi connectivity index (χ4n) is 2.72. The lowest BCUT2D eigenvalue weighted by Gasteiger charge is -2.11. The predicted molar refractivity (Wildman–Crippen MR) is 105 cm³/mol. The van der Waals surface area contributed by atoms with Crippen molar-refractivity contribution in [3.8, 4) is 0 Å². The Kier molecular flexibility index (Phi) is 5.99. The lowest BCUT2D eigenvalue weighted by Crippen LogP contribution is -2.16. The van der Waals surface area contributed by atoms with Gasteiger partial charge in [0.2, 0.25) is 5.91 Å². The van der Waals surface area contributed by atoms with Gasteiger partial charge in [-0.3, -0.25) is 9.59 Å². The number of anilines is 1. The van der Waals surface area contributed by atoms with Crippen molar-refractivity contribution in [3.63, 3.8) is 0 Å². The van der Waals surface area contributed by atoms with Crippen LogP contribution in [0.1, 0.15) is 27.9 Å². The van der Waals surface area contributed by atoms with E-state index in [1.807, 2.05) is 6.07 Å². The van der Waals surface area contributed by atoms with Crippen molar-refractivity contribution in [3.05, 3.63) is 100 Å². The molecule has 3 aromatic rings. The number of amides is 1. The average molecular weight is 382 g/mol. The number of rotatable bonds is 6. The SMILES string of the molecule is O=C(CCc1ccccc1F)Nc1ccc(Cl)cc1C(=O)c1ccccc1. The van der Waals surface area contributed by atoms with E-state index >= 15 is 0 Å². The summed E-state index contributed by atoms with van der Waals surface area (Å²) in [5.41, 5.74) is 1.67. The molecule has 0 atom stereocenters. The molecule has 0 aliphatic heterocycles. The van der Waals surface area contributed by atoms with E-state index in [9.17, 15) is 14.0 Å². The summed E-state index contributed by atoms with van der Waals surface area (Å²) in [6, 6.07) is 19.8. The molecular weight excluding hydrogens is 365 g/mol. The fourth-order valence-corrected chi connectivity index (χ4v) is 2.89. The molecule has 1 amide bonds. The zero-order chi connectivity index (χ0) is 19.2. The summed E-state index contributed by atoms with van der Waals surface area (Å²) in [6.45, 7) is 0. The van der Waals surface area contributed by atoms with Crippen LogP contribution in [-0.2, 0) is 11.2 Å². The highest BCUT2D eigenvalue weighted by Gasteiger charge is 2.16. The van der Waals surface area contributed by atoms with Crippen molar-refractivity contribution >= 4 is 29.0 Å². The van der Waals surface area contributed by atoms with Gasteiger partial charge in [0.15, 0.2) is 5.78 Å². The third-order valence-corrected chi connectivity index (χ3v) is 4.35. The Balaban J connectivity index is 1.76. The first-order valence-electron chi connectivity index (χ1n) is 8.47. The van der Waals surface area contributed by atoms with Crippen LogP contribution in [0.5, 0.6) is 0 Å². The molecule has 0 aliphatic carbocycles. The maximum absolute atomic E-state index is 13.7. The molecule has 27 heavy (non-hydrogen) atoms. The van der Waals surface area contributed by atoms with Crippen molar-refractivity contribution < 1.29 is 14.0 Å². The van der Waals surface area contributed by atoms with Gasteiger partial charge in [-0.25, -0.2) is 4.39 Å². The molecule has 136 valence electrons. The van der Waals surface area contributed by atoms with Crippen molar-refractivity contribution in [2.24, 2.45) is 0 Å². The summed E-state index contributed by atoms with van der Waals surface area (Å²) in [4.78, 5) is 25.1. The number of ketones is 1. The average Bonchev–Trinajstić information content (AvgIpc) is 2.69. The Labute approximate surface area is 161 Å². The number of carbonyl (C=O) groups excluding carboxylic acids is 2. The smallest absolute Gasteiger partial charge is 0.224 e. The van der Waals surface area contributed by atoms with Gasteiger partial charge in [0, 0.05) is 22.6 Å². The van der Waals surface area contributed by atoms with Crippen LogP contribution in [0.15, 0.2) is 72.8 Å². The number of hydrogen-bond acceptors (Lipinski definition) is 2. The zero-order valence-corrected chi connectivity index (χ0v) is 15.2. The fraction of sp³-hybridized carbons (Fsp3) is 0.0909. The number of halogens is 2. The van der Waals surface area contributed by atoms with E-state index in [2.05, 4.69) is 5.32 Å². The molecule has 5 heteroatoms. The van der Waals surface area contributed by atoms with Gasteiger partial charge in [-0.2, -0.15) is 0 Å². The maximum Gasteiger partial charge on any atom is 0.224 e. The van der Waals surface area contributed by atoms with E-state index in [-0.39, 0.29) is 30.3 Å². The molecule has 0 aliphatic rings. The van der Waals surface area contributed by atoms with E-state index in [1.165, 1.54) is 12.1 Å². The first-order valence-corrected chi connectivity index (χ1v) is 8.85. The van der Waals surface area contributed by atoms with Crippen molar-refractivity contribution in [1.82, 2.24) is 0 Å². The number of nitrogens with one attached hydrogen (secondary N) is 1. The van der Waals surface area contributed by atoms with Crippen molar-refractivity contribution in [2.75, 3.05) is 5.32 Å². The Bertz CT molecular complexity index is 973. The Morgan fingerprint density at radius 2 is 1.63 bits per heavy atom. The first kappa shape index (κ1) is 18.8. The summed E-state index contributed by atoms with van der Waals surface area (Å²) in [7, 11) is 0. The Hall–Kier alpha value is -2.98. The first-order chi connectivity index (χ1) is 13.0. The van der Waals surface area contributed by atoms with Gasteiger partial charge < -0.3 is 5.32 Å². The summed E-state index contributed by atoms with van der Waals surface area (Å²) in [5.74, 6) is -0.873. The second kappa shape index (κ2) is 8.60.